The number of aliphatic hydroxyl groups excluding tert-OH is 1. The summed E-state index contributed by atoms with van der Waals surface area (Å²) in [6.45, 7) is 0.243. The minimum Gasteiger partial charge on any atom is -0.395 e. The standard InChI is InChI=1S/C9H14O/c10-8-9-6-4-2-1-3-5-7-9/h9-10H,1-4,6,8H2. The van der Waals surface area contributed by atoms with Crippen molar-refractivity contribution in [2.24, 2.45) is 5.92 Å². The number of aliphatic hydroxyl groups is 1. The molecule has 0 aromatic rings. The van der Waals surface area contributed by atoms with Gasteiger partial charge in [0.25, 0.3) is 0 Å². The fourth-order valence-electron chi connectivity index (χ4n) is 1.21. The maximum Gasteiger partial charge on any atom is 0.0568 e. The van der Waals surface area contributed by atoms with Gasteiger partial charge in [-0.15, -0.1) is 5.92 Å². The van der Waals surface area contributed by atoms with Crippen LogP contribution in [-0.4, -0.2) is 11.7 Å². The molecule has 0 aromatic heterocycles. The second-order valence-electron chi connectivity index (χ2n) is 2.80. The third kappa shape index (κ3) is 2.41. The van der Waals surface area contributed by atoms with Crippen molar-refractivity contribution >= 4 is 0 Å². The summed E-state index contributed by atoms with van der Waals surface area (Å²) in [5.74, 6) is 6.41. The van der Waals surface area contributed by atoms with E-state index in [1.807, 2.05) is 0 Å². The Morgan fingerprint density at radius 3 is 3.00 bits per heavy atom. The minimum absolute atomic E-state index is 0.243. The molecule has 0 aliphatic heterocycles. The molecule has 1 nitrogen and oxygen atoms in total. The largest absolute Gasteiger partial charge is 0.395 e. The number of hydrogen-bond donors (Lipinski definition) is 1. The summed E-state index contributed by atoms with van der Waals surface area (Å²) in [5, 5.41) is 8.81. The van der Waals surface area contributed by atoms with Crippen LogP contribution < -0.4 is 0 Å². The van der Waals surface area contributed by atoms with Crippen molar-refractivity contribution in [1.82, 2.24) is 0 Å². The maximum atomic E-state index is 8.81. The molecule has 0 aromatic carbocycles. The van der Waals surface area contributed by atoms with Gasteiger partial charge in [-0.3, -0.25) is 0 Å². The van der Waals surface area contributed by atoms with Crippen LogP contribution in [0.2, 0.25) is 0 Å². The Morgan fingerprint density at radius 1 is 1.30 bits per heavy atom. The maximum absolute atomic E-state index is 8.81. The molecule has 1 aliphatic carbocycles. The van der Waals surface area contributed by atoms with Gasteiger partial charge < -0.3 is 5.11 Å². The molecule has 1 atom stereocenters. The average molecular weight is 138 g/mol. The SMILES string of the molecule is OCC1C#CCCCCC1. The zero-order valence-corrected chi connectivity index (χ0v) is 6.27. The highest BCUT2D eigenvalue weighted by Crippen LogP contribution is 2.12. The van der Waals surface area contributed by atoms with Gasteiger partial charge in [0.2, 0.25) is 0 Å². The van der Waals surface area contributed by atoms with E-state index in [1.54, 1.807) is 0 Å². The topological polar surface area (TPSA) is 20.2 Å². The molecule has 0 fully saturated rings. The van der Waals surface area contributed by atoms with Gasteiger partial charge in [0.15, 0.2) is 0 Å². The fourth-order valence-corrected chi connectivity index (χ4v) is 1.21. The van der Waals surface area contributed by atoms with Crippen LogP contribution in [0.15, 0.2) is 0 Å². The third-order valence-corrected chi connectivity index (χ3v) is 1.88. The summed E-state index contributed by atoms with van der Waals surface area (Å²) in [5.41, 5.74) is 0. The lowest BCUT2D eigenvalue weighted by atomic mass is 9.99. The molecule has 0 saturated carbocycles. The van der Waals surface area contributed by atoms with E-state index in [9.17, 15) is 0 Å². The molecule has 0 amide bonds. The van der Waals surface area contributed by atoms with E-state index in [2.05, 4.69) is 11.8 Å². The van der Waals surface area contributed by atoms with E-state index in [1.165, 1.54) is 19.3 Å². The quantitative estimate of drug-likeness (QED) is 0.545. The molecule has 56 valence electrons. The van der Waals surface area contributed by atoms with Gasteiger partial charge in [-0.1, -0.05) is 18.8 Å². The molecule has 1 rings (SSSR count). The van der Waals surface area contributed by atoms with Crippen LogP contribution in [0.4, 0.5) is 0 Å². The molecule has 1 N–H and O–H groups in total. The second kappa shape index (κ2) is 4.35. The lowest BCUT2D eigenvalue weighted by Crippen LogP contribution is -2.04. The van der Waals surface area contributed by atoms with Gasteiger partial charge >= 0.3 is 0 Å². The van der Waals surface area contributed by atoms with E-state index >= 15 is 0 Å². The summed E-state index contributed by atoms with van der Waals surface area (Å²) < 4.78 is 0. The Hall–Kier alpha value is -0.480. The first kappa shape index (κ1) is 7.63. The Labute approximate surface area is 62.4 Å². The van der Waals surface area contributed by atoms with E-state index in [4.69, 9.17) is 5.11 Å². The Bertz CT molecular complexity index is 141. The van der Waals surface area contributed by atoms with Gasteiger partial charge in [-0.2, -0.15) is 0 Å². The van der Waals surface area contributed by atoms with Crippen molar-refractivity contribution in [2.75, 3.05) is 6.61 Å². The summed E-state index contributed by atoms with van der Waals surface area (Å²) in [7, 11) is 0. The van der Waals surface area contributed by atoms with Crippen LogP contribution in [0, 0.1) is 17.8 Å². The highest BCUT2D eigenvalue weighted by atomic mass is 16.3. The number of hydrogen-bond acceptors (Lipinski definition) is 1. The molecular formula is C9H14O. The van der Waals surface area contributed by atoms with Crippen LogP contribution in [0.1, 0.15) is 32.1 Å². The van der Waals surface area contributed by atoms with Crippen LogP contribution in [0.5, 0.6) is 0 Å². The summed E-state index contributed by atoms with van der Waals surface area (Å²) in [6, 6.07) is 0. The molecule has 1 unspecified atom stereocenters. The molecule has 10 heavy (non-hydrogen) atoms. The first-order valence-corrected chi connectivity index (χ1v) is 4.02. The first-order chi connectivity index (χ1) is 4.93. The van der Waals surface area contributed by atoms with Crippen LogP contribution in [0.25, 0.3) is 0 Å². The second-order valence-corrected chi connectivity index (χ2v) is 2.80. The molecular weight excluding hydrogens is 124 g/mol. The lowest BCUT2D eigenvalue weighted by Gasteiger charge is -2.07. The van der Waals surface area contributed by atoms with Crippen molar-refractivity contribution < 1.29 is 5.11 Å². The smallest absolute Gasteiger partial charge is 0.0568 e. The average Bonchev–Trinajstić information content (AvgIpc) is 1.87. The molecule has 0 bridgehead atoms. The van der Waals surface area contributed by atoms with Gasteiger partial charge in [-0.25, -0.2) is 0 Å². The van der Waals surface area contributed by atoms with Crippen molar-refractivity contribution in [3.05, 3.63) is 0 Å². The first-order valence-electron chi connectivity index (χ1n) is 4.02. The molecule has 0 spiro atoms. The van der Waals surface area contributed by atoms with Crippen LogP contribution >= 0.6 is 0 Å². The van der Waals surface area contributed by atoms with Crippen molar-refractivity contribution in [3.63, 3.8) is 0 Å². The van der Waals surface area contributed by atoms with E-state index < -0.39 is 0 Å². The summed E-state index contributed by atoms with van der Waals surface area (Å²) in [4.78, 5) is 0. The van der Waals surface area contributed by atoms with Gasteiger partial charge in [0.1, 0.15) is 0 Å². The normalized spacial score (nSPS) is 25.9. The van der Waals surface area contributed by atoms with Gasteiger partial charge in [0, 0.05) is 12.3 Å². The van der Waals surface area contributed by atoms with Crippen molar-refractivity contribution in [1.29, 1.82) is 0 Å². The summed E-state index contributed by atoms with van der Waals surface area (Å²) >= 11 is 0. The van der Waals surface area contributed by atoms with Gasteiger partial charge in [0.05, 0.1) is 6.61 Å². The zero-order valence-electron chi connectivity index (χ0n) is 6.27. The van der Waals surface area contributed by atoms with E-state index in [-0.39, 0.29) is 12.5 Å². The third-order valence-electron chi connectivity index (χ3n) is 1.88. The monoisotopic (exact) mass is 138 g/mol. The predicted molar refractivity (Wildman–Crippen MR) is 41.4 cm³/mol. The Kier molecular flexibility index (Phi) is 3.32. The predicted octanol–water partition coefficient (Wildman–Crippen LogP) is 1.56. The minimum atomic E-state index is 0.243. The van der Waals surface area contributed by atoms with E-state index in [0.29, 0.717) is 0 Å². The molecule has 1 heteroatoms. The van der Waals surface area contributed by atoms with Crippen LogP contribution in [-0.2, 0) is 0 Å². The molecule has 0 heterocycles. The zero-order chi connectivity index (χ0) is 7.23. The molecule has 0 radical (unpaired) electrons. The number of rotatable bonds is 1. The Balaban J connectivity index is 2.39. The summed E-state index contributed by atoms with van der Waals surface area (Å²) in [6.07, 6.45) is 5.87. The molecule has 1 aliphatic rings. The van der Waals surface area contributed by atoms with Crippen LogP contribution in [0.3, 0.4) is 0 Å². The van der Waals surface area contributed by atoms with Gasteiger partial charge in [-0.05, 0) is 12.8 Å². The highest BCUT2D eigenvalue weighted by molar-refractivity contribution is 5.04. The Morgan fingerprint density at radius 2 is 2.20 bits per heavy atom. The van der Waals surface area contributed by atoms with E-state index in [0.717, 1.165) is 12.8 Å². The van der Waals surface area contributed by atoms with Crippen molar-refractivity contribution in [3.8, 4) is 11.8 Å². The van der Waals surface area contributed by atoms with Crippen molar-refractivity contribution in [2.45, 2.75) is 32.1 Å². The highest BCUT2D eigenvalue weighted by Gasteiger charge is 2.03. The lowest BCUT2D eigenvalue weighted by molar-refractivity contribution is 0.247. The molecule has 0 saturated heterocycles. The fraction of sp³-hybridized carbons (Fsp3) is 0.778.